The minimum Gasteiger partial charge on any atom is -0.398 e. The molecule has 1 aromatic heterocycles. The maximum absolute atomic E-state index is 12.6. The maximum Gasteiger partial charge on any atom is 0.261 e. The van der Waals surface area contributed by atoms with Crippen LogP contribution in [0.3, 0.4) is 0 Å². The molecular weight excluding hydrogens is 362 g/mol. The molecule has 29 heavy (non-hydrogen) atoms. The predicted octanol–water partition coefficient (Wildman–Crippen LogP) is 5.27. The fourth-order valence-electron chi connectivity index (χ4n) is 3.53. The van der Waals surface area contributed by atoms with Crippen molar-refractivity contribution in [3.8, 4) is 0 Å². The molecule has 5 nitrogen and oxygen atoms in total. The summed E-state index contributed by atoms with van der Waals surface area (Å²) < 4.78 is 0. The van der Waals surface area contributed by atoms with Crippen LogP contribution in [0.15, 0.2) is 53.5 Å². The molecule has 0 aliphatic heterocycles. The molecule has 0 atom stereocenters. The average molecular weight is 392 g/mol. The lowest BCUT2D eigenvalue weighted by atomic mass is 10.0. The van der Waals surface area contributed by atoms with E-state index in [9.17, 15) is 9.59 Å². The number of benzene rings is 2. The van der Waals surface area contributed by atoms with Crippen molar-refractivity contribution in [2.75, 3.05) is 11.1 Å². The predicted molar refractivity (Wildman–Crippen MR) is 120 cm³/mol. The van der Waals surface area contributed by atoms with Crippen LogP contribution in [-0.4, -0.2) is 10.9 Å². The first kappa shape index (κ1) is 20.6. The maximum atomic E-state index is 12.6. The van der Waals surface area contributed by atoms with Gasteiger partial charge < -0.3 is 16.0 Å². The van der Waals surface area contributed by atoms with Gasteiger partial charge in [-0.25, -0.2) is 0 Å². The first-order valence-electron chi connectivity index (χ1n) is 10.4. The topological polar surface area (TPSA) is 88.0 Å². The van der Waals surface area contributed by atoms with Gasteiger partial charge in [0.15, 0.2) is 0 Å². The molecule has 0 spiro atoms. The quantitative estimate of drug-likeness (QED) is 0.343. The number of hydrogen-bond acceptors (Lipinski definition) is 3. The summed E-state index contributed by atoms with van der Waals surface area (Å²) in [6.07, 6.45) is 9.84. The van der Waals surface area contributed by atoms with Crippen LogP contribution in [-0.2, 0) is 6.42 Å². The second kappa shape index (κ2) is 9.92. The van der Waals surface area contributed by atoms with E-state index in [0.717, 1.165) is 18.4 Å². The molecule has 0 aliphatic rings. The van der Waals surface area contributed by atoms with E-state index in [1.54, 1.807) is 18.2 Å². The van der Waals surface area contributed by atoms with Crippen molar-refractivity contribution in [3.63, 3.8) is 0 Å². The number of aryl methyl sites for hydroxylation is 1. The van der Waals surface area contributed by atoms with Gasteiger partial charge in [-0.2, -0.15) is 0 Å². The third kappa shape index (κ3) is 5.25. The summed E-state index contributed by atoms with van der Waals surface area (Å²) in [7, 11) is 0. The number of hydrogen-bond donors (Lipinski definition) is 3. The van der Waals surface area contributed by atoms with Gasteiger partial charge in [0.2, 0.25) is 5.43 Å². The van der Waals surface area contributed by atoms with Gasteiger partial charge in [-0.1, -0.05) is 57.2 Å². The van der Waals surface area contributed by atoms with E-state index in [0.29, 0.717) is 22.3 Å². The first-order valence-corrected chi connectivity index (χ1v) is 10.4. The summed E-state index contributed by atoms with van der Waals surface area (Å²) in [4.78, 5) is 28.2. The second-order valence-corrected chi connectivity index (χ2v) is 7.46. The molecule has 0 aliphatic carbocycles. The van der Waals surface area contributed by atoms with Crippen LogP contribution in [0, 0.1) is 0 Å². The minimum atomic E-state index is -0.444. The minimum absolute atomic E-state index is 0.0819. The molecule has 0 bridgehead atoms. The molecule has 0 saturated carbocycles. The number of nitrogens with two attached hydrogens (primary N) is 1. The summed E-state index contributed by atoms with van der Waals surface area (Å²) in [5.41, 5.74) is 9.04. The van der Waals surface area contributed by atoms with E-state index in [2.05, 4.69) is 17.2 Å². The molecule has 2 aromatic carbocycles. The van der Waals surface area contributed by atoms with E-state index in [4.69, 9.17) is 5.73 Å². The molecule has 3 aromatic rings. The highest BCUT2D eigenvalue weighted by atomic mass is 16.2. The lowest BCUT2D eigenvalue weighted by molar-refractivity contribution is 0.102. The third-order valence-corrected chi connectivity index (χ3v) is 5.24. The van der Waals surface area contributed by atoms with Crippen LogP contribution in [0.4, 0.5) is 11.4 Å². The van der Waals surface area contributed by atoms with Crippen LogP contribution in [0.2, 0.25) is 0 Å². The van der Waals surface area contributed by atoms with Gasteiger partial charge in [0.25, 0.3) is 5.91 Å². The number of H-pyrrole nitrogens is 1. The number of nitrogens with one attached hydrogen (secondary N) is 2. The third-order valence-electron chi connectivity index (χ3n) is 5.24. The van der Waals surface area contributed by atoms with E-state index in [1.807, 2.05) is 24.3 Å². The zero-order valence-electron chi connectivity index (χ0n) is 17.0. The van der Waals surface area contributed by atoms with Crippen molar-refractivity contribution < 1.29 is 4.79 Å². The van der Waals surface area contributed by atoms with Crippen molar-refractivity contribution >= 4 is 28.2 Å². The molecule has 3 rings (SSSR count). The highest BCUT2D eigenvalue weighted by Gasteiger charge is 2.13. The molecule has 0 fully saturated rings. The molecule has 4 N–H and O–H groups in total. The standard InChI is InChI=1S/C24H29N3O2/c1-2-3-4-5-6-7-10-17-13-14-18(15-21(17)25)27-24(29)20-16-26-22-12-9-8-11-19(22)23(20)28/h8-9,11-16H,2-7,10,25H2,1H3,(H,26,28)(H,27,29). The Morgan fingerprint density at radius 3 is 2.59 bits per heavy atom. The van der Waals surface area contributed by atoms with Crippen molar-refractivity contribution in [3.05, 3.63) is 70.0 Å². The second-order valence-electron chi connectivity index (χ2n) is 7.46. The van der Waals surface area contributed by atoms with Crippen LogP contribution >= 0.6 is 0 Å². The first-order chi connectivity index (χ1) is 14.1. The number of para-hydroxylation sites is 1. The molecule has 152 valence electrons. The van der Waals surface area contributed by atoms with Crippen LogP contribution in [0.5, 0.6) is 0 Å². The number of pyridine rings is 1. The van der Waals surface area contributed by atoms with Gasteiger partial charge in [-0.3, -0.25) is 9.59 Å². The number of aromatic nitrogens is 1. The van der Waals surface area contributed by atoms with Crippen LogP contribution in [0.1, 0.15) is 61.4 Å². The summed E-state index contributed by atoms with van der Waals surface area (Å²) in [5, 5.41) is 3.28. The number of nitrogen functional groups attached to an aromatic ring is 1. The highest BCUT2D eigenvalue weighted by molar-refractivity contribution is 6.05. The summed E-state index contributed by atoms with van der Waals surface area (Å²) in [5.74, 6) is -0.444. The van der Waals surface area contributed by atoms with Crippen molar-refractivity contribution in [1.29, 1.82) is 0 Å². The molecule has 1 amide bonds. The molecule has 0 radical (unpaired) electrons. The number of fused-ring (bicyclic) bond motifs is 1. The Hall–Kier alpha value is -3.08. The van der Waals surface area contributed by atoms with Gasteiger partial charge in [0.05, 0.1) is 0 Å². The average Bonchev–Trinajstić information content (AvgIpc) is 2.72. The number of amides is 1. The number of unbranched alkanes of at least 4 members (excludes halogenated alkanes) is 5. The molecule has 0 saturated heterocycles. The monoisotopic (exact) mass is 391 g/mol. The van der Waals surface area contributed by atoms with E-state index in [1.165, 1.54) is 38.3 Å². The number of anilines is 2. The van der Waals surface area contributed by atoms with E-state index >= 15 is 0 Å². The van der Waals surface area contributed by atoms with Crippen molar-refractivity contribution in [2.24, 2.45) is 0 Å². The summed E-state index contributed by atoms with van der Waals surface area (Å²) >= 11 is 0. The van der Waals surface area contributed by atoms with Gasteiger partial charge >= 0.3 is 0 Å². The normalized spacial score (nSPS) is 10.9. The zero-order valence-corrected chi connectivity index (χ0v) is 17.0. The molecule has 1 heterocycles. The van der Waals surface area contributed by atoms with E-state index < -0.39 is 5.91 Å². The Morgan fingerprint density at radius 1 is 1.03 bits per heavy atom. The Labute approximate surface area is 171 Å². The van der Waals surface area contributed by atoms with Gasteiger partial charge in [0, 0.05) is 28.5 Å². The fraction of sp³-hybridized carbons (Fsp3) is 0.333. The van der Waals surface area contributed by atoms with E-state index in [-0.39, 0.29) is 11.0 Å². The van der Waals surface area contributed by atoms with Gasteiger partial charge in [-0.05, 0) is 42.7 Å². The Morgan fingerprint density at radius 2 is 1.79 bits per heavy atom. The smallest absolute Gasteiger partial charge is 0.261 e. The number of rotatable bonds is 9. The number of aromatic amines is 1. The lowest BCUT2D eigenvalue weighted by Crippen LogP contribution is -2.22. The van der Waals surface area contributed by atoms with Crippen LogP contribution in [0.25, 0.3) is 10.9 Å². The Balaban J connectivity index is 1.63. The van der Waals surface area contributed by atoms with Gasteiger partial charge in [0.1, 0.15) is 5.56 Å². The van der Waals surface area contributed by atoms with Crippen molar-refractivity contribution in [2.45, 2.75) is 51.9 Å². The Bertz CT molecular complexity index is 1040. The summed E-state index contributed by atoms with van der Waals surface area (Å²) in [6, 6.07) is 12.7. The lowest BCUT2D eigenvalue weighted by Gasteiger charge is -2.10. The summed E-state index contributed by atoms with van der Waals surface area (Å²) in [6.45, 7) is 2.22. The molecular formula is C24H29N3O2. The largest absolute Gasteiger partial charge is 0.398 e. The molecule has 0 unspecified atom stereocenters. The van der Waals surface area contributed by atoms with Crippen LogP contribution < -0.4 is 16.5 Å². The van der Waals surface area contributed by atoms with Gasteiger partial charge in [-0.15, -0.1) is 0 Å². The van der Waals surface area contributed by atoms with Crippen molar-refractivity contribution in [1.82, 2.24) is 4.98 Å². The highest BCUT2D eigenvalue weighted by Crippen LogP contribution is 2.21. The Kier molecular flexibility index (Phi) is 7.06. The SMILES string of the molecule is CCCCCCCCc1ccc(NC(=O)c2c[nH]c3ccccc3c2=O)cc1N. The number of carbonyl (C=O) groups is 1. The molecule has 5 heteroatoms. The fourth-order valence-corrected chi connectivity index (χ4v) is 3.53. The zero-order chi connectivity index (χ0) is 20.6. The number of carbonyl (C=O) groups excluding carboxylic acids is 1.